The number of carbonyl (C=O) groups is 2. The minimum Gasteiger partial charge on any atom is -0.353 e. The number of amides is 2. The molecule has 2 aromatic carbocycles. The Morgan fingerprint density at radius 2 is 1.88 bits per heavy atom. The SMILES string of the molecule is O=C1CN(C(=O)c2cc3ccccc3n2Cc2ccccc2F)CCN1. The van der Waals surface area contributed by atoms with Gasteiger partial charge in [0.15, 0.2) is 0 Å². The summed E-state index contributed by atoms with van der Waals surface area (Å²) in [7, 11) is 0. The number of para-hydroxylation sites is 1. The molecule has 6 heteroatoms. The number of hydrogen-bond donors (Lipinski definition) is 1. The van der Waals surface area contributed by atoms with E-state index in [2.05, 4.69) is 5.32 Å². The second-order valence-electron chi connectivity index (χ2n) is 6.34. The van der Waals surface area contributed by atoms with Crippen molar-refractivity contribution in [2.24, 2.45) is 0 Å². The zero-order chi connectivity index (χ0) is 18.1. The second kappa shape index (κ2) is 6.63. The summed E-state index contributed by atoms with van der Waals surface area (Å²) >= 11 is 0. The fourth-order valence-corrected chi connectivity index (χ4v) is 3.33. The van der Waals surface area contributed by atoms with E-state index in [1.54, 1.807) is 18.2 Å². The Morgan fingerprint density at radius 3 is 2.69 bits per heavy atom. The lowest BCUT2D eigenvalue weighted by atomic mass is 10.2. The normalized spacial score (nSPS) is 14.5. The van der Waals surface area contributed by atoms with Crippen LogP contribution in [0.15, 0.2) is 54.6 Å². The van der Waals surface area contributed by atoms with Crippen LogP contribution in [0.4, 0.5) is 4.39 Å². The molecular formula is C20H18FN3O2. The Balaban J connectivity index is 1.78. The Morgan fingerprint density at radius 1 is 1.12 bits per heavy atom. The number of halogens is 1. The van der Waals surface area contributed by atoms with Gasteiger partial charge >= 0.3 is 0 Å². The van der Waals surface area contributed by atoms with Crippen molar-refractivity contribution >= 4 is 22.7 Å². The fraction of sp³-hybridized carbons (Fsp3) is 0.200. The lowest BCUT2D eigenvalue weighted by Crippen LogP contribution is -2.50. The molecule has 1 aliphatic heterocycles. The summed E-state index contributed by atoms with van der Waals surface area (Å²) in [4.78, 5) is 26.2. The summed E-state index contributed by atoms with van der Waals surface area (Å²) in [6.45, 7) is 1.20. The first-order valence-electron chi connectivity index (χ1n) is 8.51. The highest BCUT2D eigenvalue weighted by molar-refractivity contribution is 6.00. The van der Waals surface area contributed by atoms with E-state index < -0.39 is 0 Å². The molecule has 2 heterocycles. The molecule has 5 nitrogen and oxygen atoms in total. The van der Waals surface area contributed by atoms with E-state index in [0.717, 1.165) is 10.9 Å². The van der Waals surface area contributed by atoms with Crippen molar-refractivity contribution in [1.82, 2.24) is 14.8 Å². The summed E-state index contributed by atoms with van der Waals surface area (Å²) < 4.78 is 16.0. The molecule has 0 bridgehead atoms. The third-order valence-corrected chi connectivity index (χ3v) is 4.64. The number of benzene rings is 2. The van der Waals surface area contributed by atoms with Gasteiger partial charge in [0, 0.05) is 29.6 Å². The van der Waals surface area contributed by atoms with E-state index in [-0.39, 0.29) is 30.7 Å². The highest BCUT2D eigenvalue weighted by Crippen LogP contribution is 2.23. The summed E-state index contributed by atoms with van der Waals surface area (Å²) in [5, 5.41) is 3.63. The van der Waals surface area contributed by atoms with Crippen LogP contribution in [-0.4, -0.2) is 40.9 Å². The van der Waals surface area contributed by atoms with Crippen LogP contribution in [0.3, 0.4) is 0 Å². The molecule has 132 valence electrons. The van der Waals surface area contributed by atoms with Crippen LogP contribution in [0.2, 0.25) is 0 Å². The van der Waals surface area contributed by atoms with Crippen molar-refractivity contribution in [1.29, 1.82) is 0 Å². The summed E-state index contributed by atoms with van der Waals surface area (Å²) in [6.07, 6.45) is 0. The Bertz CT molecular complexity index is 996. The summed E-state index contributed by atoms with van der Waals surface area (Å²) in [6, 6.07) is 16.0. The number of nitrogens with zero attached hydrogens (tertiary/aromatic N) is 2. The van der Waals surface area contributed by atoms with Gasteiger partial charge in [0.25, 0.3) is 5.91 Å². The lowest BCUT2D eigenvalue weighted by molar-refractivity contribution is -0.123. The maximum atomic E-state index is 14.2. The molecule has 2 amide bonds. The maximum absolute atomic E-state index is 14.2. The molecule has 4 rings (SSSR count). The molecule has 1 fully saturated rings. The first kappa shape index (κ1) is 16.3. The zero-order valence-electron chi connectivity index (χ0n) is 14.1. The molecule has 0 unspecified atom stereocenters. The molecule has 0 radical (unpaired) electrons. The number of rotatable bonds is 3. The van der Waals surface area contributed by atoms with Crippen molar-refractivity contribution in [2.75, 3.05) is 19.6 Å². The summed E-state index contributed by atoms with van der Waals surface area (Å²) in [5.41, 5.74) is 1.84. The quantitative estimate of drug-likeness (QED) is 0.788. The lowest BCUT2D eigenvalue weighted by Gasteiger charge is -2.27. The van der Waals surface area contributed by atoms with Crippen molar-refractivity contribution in [2.45, 2.75) is 6.54 Å². The second-order valence-corrected chi connectivity index (χ2v) is 6.34. The third kappa shape index (κ3) is 2.94. The number of fused-ring (bicyclic) bond motifs is 1. The van der Waals surface area contributed by atoms with Crippen molar-refractivity contribution in [3.8, 4) is 0 Å². The van der Waals surface area contributed by atoms with Crippen LogP contribution in [0.5, 0.6) is 0 Å². The average Bonchev–Trinajstić information content (AvgIpc) is 3.01. The van der Waals surface area contributed by atoms with Gasteiger partial charge in [0.1, 0.15) is 11.5 Å². The predicted octanol–water partition coefficient (Wildman–Crippen LogP) is 2.40. The topological polar surface area (TPSA) is 54.3 Å². The van der Waals surface area contributed by atoms with Crippen LogP contribution in [0.1, 0.15) is 16.1 Å². The van der Waals surface area contributed by atoms with E-state index in [0.29, 0.717) is 24.3 Å². The minimum absolute atomic E-state index is 0.0417. The molecule has 0 aliphatic carbocycles. The Hall–Kier alpha value is -3.15. The molecule has 1 aliphatic rings. The Kier molecular flexibility index (Phi) is 4.16. The van der Waals surface area contributed by atoms with Gasteiger partial charge in [-0.3, -0.25) is 9.59 Å². The zero-order valence-corrected chi connectivity index (χ0v) is 14.1. The van der Waals surface area contributed by atoms with Gasteiger partial charge in [0.2, 0.25) is 5.91 Å². The molecule has 3 aromatic rings. The monoisotopic (exact) mass is 351 g/mol. The minimum atomic E-state index is -0.305. The molecule has 1 N–H and O–H groups in total. The van der Waals surface area contributed by atoms with E-state index >= 15 is 0 Å². The van der Waals surface area contributed by atoms with Gasteiger partial charge < -0.3 is 14.8 Å². The first-order valence-corrected chi connectivity index (χ1v) is 8.51. The van der Waals surface area contributed by atoms with E-state index in [4.69, 9.17) is 0 Å². The smallest absolute Gasteiger partial charge is 0.271 e. The molecule has 1 aromatic heterocycles. The van der Waals surface area contributed by atoms with Gasteiger partial charge in [-0.1, -0.05) is 36.4 Å². The number of nitrogens with one attached hydrogen (secondary N) is 1. The number of aromatic nitrogens is 1. The van der Waals surface area contributed by atoms with Crippen LogP contribution in [0, 0.1) is 5.82 Å². The average molecular weight is 351 g/mol. The van der Waals surface area contributed by atoms with Crippen LogP contribution in [-0.2, 0) is 11.3 Å². The van der Waals surface area contributed by atoms with Gasteiger partial charge in [-0.05, 0) is 18.2 Å². The summed E-state index contributed by atoms with van der Waals surface area (Å²) in [5.74, 6) is -0.685. The molecule has 26 heavy (non-hydrogen) atoms. The maximum Gasteiger partial charge on any atom is 0.271 e. The largest absolute Gasteiger partial charge is 0.353 e. The van der Waals surface area contributed by atoms with Gasteiger partial charge in [-0.2, -0.15) is 0 Å². The van der Waals surface area contributed by atoms with Crippen molar-refractivity contribution in [3.63, 3.8) is 0 Å². The molecule has 1 saturated heterocycles. The standard InChI is InChI=1S/C20H18FN3O2/c21-16-7-3-1-6-15(16)12-24-17-8-4-2-5-14(17)11-18(24)20(26)23-10-9-22-19(25)13-23/h1-8,11H,9-10,12-13H2,(H,22,25). The molecule has 0 saturated carbocycles. The first-order chi connectivity index (χ1) is 12.6. The number of piperazine rings is 1. The fourth-order valence-electron chi connectivity index (χ4n) is 3.33. The van der Waals surface area contributed by atoms with E-state index in [1.807, 2.05) is 34.9 Å². The Labute approximate surface area is 150 Å². The van der Waals surface area contributed by atoms with Crippen molar-refractivity contribution < 1.29 is 14.0 Å². The van der Waals surface area contributed by atoms with Gasteiger partial charge in [-0.25, -0.2) is 4.39 Å². The molecular weight excluding hydrogens is 333 g/mol. The number of hydrogen-bond acceptors (Lipinski definition) is 2. The highest BCUT2D eigenvalue weighted by Gasteiger charge is 2.25. The van der Waals surface area contributed by atoms with Crippen LogP contribution >= 0.6 is 0 Å². The van der Waals surface area contributed by atoms with Crippen LogP contribution < -0.4 is 5.32 Å². The predicted molar refractivity (Wildman–Crippen MR) is 96.4 cm³/mol. The van der Waals surface area contributed by atoms with Gasteiger partial charge in [0.05, 0.1) is 13.1 Å². The van der Waals surface area contributed by atoms with Crippen LogP contribution in [0.25, 0.3) is 10.9 Å². The third-order valence-electron chi connectivity index (χ3n) is 4.64. The molecule has 0 atom stereocenters. The van der Waals surface area contributed by atoms with E-state index in [1.165, 1.54) is 11.0 Å². The number of carbonyl (C=O) groups excluding carboxylic acids is 2. The van der Waals surface area contributed by atoms with Crippen molar-refractivity contribution in [3.05, 3.63) is 71.7 Å². The molecule has 0 spiro atoms. The van der Waals surface area contributed by atoms with Gasteiger partial charge in [-0.15, -0.1) is 0 Å². The van der Waals surface area contributed by atoms with E-state index in [9.17, 15) is 14.0 Å². The highest BCUT2D eigenvalue weighted by atomic mass is 19.1.